The van der Waals surface area contributed by atoms with Crippen LogP contribution in [0.3, 0.4) is 0 Å². The summed E-state index contributed by atoms with van der Waals surface area (Å²) in [5.41, 5.74) is 4.05. The zero-order valence-electron chi connectivity index (χ0n) is 17.0. The number of fused-ring (bicyclic) bond motifs is 3. The van der Waals surface area contributed by atoms with E-state index in [4.69, 9.17) is 0 Å². The van der Waals surface area contributed by atoms with Crippen LogP contribution >= 0.6 is 23.5 Å². The second-order valence-corrected chi connectivity index (χ2v) is 10.6. The third kappa shape index (κ3) is 3.33. The molecule has 2 amide bonds. The van der Waals surface area contributed by atoms with Crippen LogP contribution in [0.1, 0.15) is 24.0 Å². The highest BCUT2D eigenvalue weighted by Crippen LogP contribution is 2.56. The fraction of sp³-hybridized carbons (Fsp3) is 0.391. The zero-order chi connectivity index (χ0) is 20.7. The standard InChI is InChI=1S/C23H25N3O2S2/c1-16-17(15-25-11-13-29-14-12-25)5-4-6-18(16)24-22(28)23-10-9-21(27)26(23)19-7-2-3-8-20(19)30-23/h2-8H,9-15H2,1H3,(H,24,28). The molecule has 0 radical (unpaired) electrons. The van der Waals surface area contributed by atoms with Crippen LogP contribution < -0.4 is 10.2 Å². The smallest absolute Gasteiger partial charge is 0.261 e. The van der Waals surface area contributed by atoms with Gasteiger partial charge >= 0.3 is 0 Å². The average molecular weight is 440 g/mol. The predicted octanol–water partition coefficient (Wildman–Crippen LogP) is 4.11. The second kappa shape index (κ2) is 7.94. The summed E-state index contributed by atoms with van der Waals surface area (Å²) in [5, 5.41) is 3.17. The Kier molecular flexibility index (Phi) is 5.29. The Morgan fingerprint density at radius 1 is 1.13 bits per heavy atom. The highest BCUT2D eigenvalue weighted by Gasteiger charge is 2.57. The summed E-state index contributed by atoms with van der Waals surface area (Å²) in [5.74, 6) is 2.28. The number of benzene rings is 2. The molecular formula is C23H25N3O2S2. The number of rotatable bonds is 4. The monoisotopic (exact) mass is 439 g/mol. The predicted molar refractivity (Wildman–Crippen MR) is 124 cm³/mol. The molecule has 2 aromatic rings. The molecule has 3 aliphatic rings. The summed E-state index contributed by atoms with van der Waals surface area (Å²) in [7, 11) is 0. The van der Waals surface area contributed by atoms with Crippen molar-refractivity contribution >= 4 is 46.7 Å². The molecule has 0 saturated carbocycles. The van der Waals surface area contributed by atoms with Crippen LogP contribution in [-0.4, -0.2) is 46.2 Å². The Morgan fingerprint density at radius 2 is 1.93 bits per heavy atom. The molecule has 3 heterocycles. The SMILES string of the molecule is Cc1c(CN2CCSCC2)cccc1NC(=O)C12CCC(=O)N1c1ccccc1S2. The average Bonchev–Trinajstić information content (AvgIpc) is 3.27. The van der Waals surface area contributed by atoms with Gasteiger partial charge in [-0.3, -0.25) is 19.4 Å². The van der Waals surface area contributed by atoms with E-state index in [0.717, 1.165) is 41.5 Å². The molecule has 0 spiro atoms. The van der Waals surface area contributed by atoms with E-state index < -0.39 is 4.87 Å². The second-order valence-electron chi connectivity index (χ2n) is 8.02. The van der Waals surface area contributed by atoms with Gasteiger partial charge < -0.3 is 5.32 Å². The highest BCUT2D eigenvalue weighted by atomic mass is 32.2. The van der Waals surface area contributed by atoms with Gasteiger partial charge in [-0.15, -0.1) is 0 Å². The summed E-state index contributed by atoms with van der Waals surface area (Å²) in [6, 6.07) is 13.9. The Hall–Kier alpha value is -1.96. The molecule has 0 aromatic heterocycles. The lowest BCUT2D eigenvalue weighted by atomic mass is 10.1. The van der Waals surface area contributed by atoms with E-state index in [1.165, 1.54) is 28.8 Å². The Bertz CT molecular complexity index is 1010. The third-order valence-corrected chi connectivity index (χ3v) is 8.64. The molecule has 5 rings (SSSR count). The molecule has 1 unspecified atom stereocenters. The lowest BCUT2D eigenvalue weighted by Crippen LogP contribution is -2.49. The molecule has 3 aliphatic heterocycles. The maximum absolute atomic E-state index is 13.5. The molecule has 0 aliphatic carbocycles. The van der Waals surface area contributed by atoms with Crippen molar-refractivity contribution in [1.29, 1.82) is 0 Å². The fourth-order valence-corrected chi connectivity index (χ4v) is 6.90. The molecule has 7 heteroatoms. The Balaban J connectivity index is 1.39. The number of carbonyl (C=O) groups is 2. The number of hydrogen-bond donors (Lipinski definition) is 1. The van der Waals surface area contributed by atoms with Crippen molar-refractivity contribution in [1.82, 2.24) is 4.90 Å². The lowest BCUT2D eigenvalue weighted by Gasteiger charge is -2.30. The van der Waals surface area contributed by atoms with Gasteiger partial charge in [0.15, 0.2) is 4.87 Å². The van der Waals surface area contributed by atoms with Crippen molar-refractivity contribution < 1.29 is 9.59 Å². The van der Waals surface area contributed by atoms with Gasteiger partial charge in [0.1, 0.15) is 0 Å². The van der Waals surface area contributed by atoms with Crippen molar-refractivity contribution in [3.8, 4) is 0 Å². The van der Waals surface area contributed by atoms with Crippen LogP contribution in [-0.2, 0) is 16.1 Å². The van der Waals surface area contributed by atoms with E-state index in [0.29, 0.717) is 12.8 Å². The number of para-hydroxylation sites is 1. The van der Waals surface area contributed by atoms with Crippen molar-refractivity contribution in [2.24, 2.45) is 0 Å². The van der Waals surface area contributed by atoms with Crippen LogP contribution in [0.5, 0.6) is 0 Å². The minimum Gasteiger partial charge on any atom is -0.323 e. The molecule has 5 nitrogen and oxygen atoms in total. The summed E-state index contributed by atoms with van der Waals surface area (Å²) in [6.07, 6.45) is 0.932. The topological polar surface area (TPSA) is 52.7 Å². The van der Waals surface area contributed by atoms with E-state index in [2.05, 4.69) is 23.2 Å². The van der Waals surface area contributed by atoms with Crippen LogP contribution in [0.15, 0.2) is 47.4 Å². The molecule has 1 atom stereocenters. The quantitative estimate of drug-likeness (QED) is 0.777. The molecular weight excluding hydrogens is 414 g/mol. The van der Waals surface area contributed by atoms with Gasteiger partial charge in [-0.25, -0.2) is 0 Å². The summed E-state index contributed by atoms with van der Waals surface area (Å²) < 4.78 is 0. The molecule has 2 fully saturated rings. The molecule has 156 valence electrons. The van der Waals surface area contributed by atoms with Crippen molar-refractivity contribution in [2.45, 2.75) is 36.1 Å². The van der Waals surface area contributed by atoms with Crippen LogP contribution in [0.4, 0.5) is 11.4 Å². The summed E-state index contributed by atoms with van der Waals surface area (Å²) >= 11 is 3.52. The normalized spacial score (nSPS) is 23.4. The number of carbonyl (C=O) groups excluding carboxylic acids is 2. The highest BCUT2D eigenvalue weighted by molar-refractivity contribution is 8.02. The van der Waals surface area contributed by atoms with Crippen LogP contribution in [0, 0.1) is 6.92 Å². The largest absolute Gasteiger partial charge is 0.323 e. The van der Waals surface area contributed by atoms with Crippen LogP contribution in [0.25, 0.3) is 0 Å². The van der Waals surface area contributed by atoms with Gasteiger partial charge in [0.2, 0.25) is 5.91 Å². The zero-order valence-corrected chi connectivity index (χ0v) is 18.7. The van der Waals surface area contributed by atoms with Crippen molar-refractivity contribution in [3.05, 3.63) is 53.6 Å². The first-order valence-electron chi connectivity index (χ1n) is 10.4. The molecule has 30 heavy (non-hydrogen) atoms. The van der Waals surface area contributed by atoms with Crippen molar-refractivity contribution in [2.75, 3.05) is 34.8 Å². The summed E-state index contributed by atoms with van der Waals surface area (Å²) in [4.78, 5) is 30.5. The fourth-order valence-electron chi connectivity index (χ4n) is 4.51. The lowest BCUT2D eigenvalue weighted by molar-refractivity contribution is -0.121. The van der Waals surface area contributed by atoms with E-state index in [9.17, 15) is 9.59 Å². The Labute approximate surface area is 185 Å². The van der Waals surface area contributed by atoms with E-state index in [1.807, 2.05) is 48.2 Å². The third-order valence-electron chi connectivity index (χ3n) is 6.22. The van der Waals surface area contributed by atoms with Crippen molar-refractivity contribution in [3.63, 3.8) is 0 Å². The number of hydrogen-bond acceptors (Lipinski definition) is 5. The maximum atomic E-state index is 13.5. The van der Waals surface area contributed by atoms with Gasteiger partial charge in [0, 0.05) is 48.1 Å². The molecule has 0 bridgehead atoms. The first kappa shape index (κ1) is 20.0. The number of amides is 2. The maximum Gasteiger partial charge on any atom is 0.261 e. The molecule has 1 N–H and O–H groups in total. The van der Waals surface area contributed by atoms with Gasteiger partial charge in [-0.1, -0.05) is 36.0 Å². The summed E-state index contributed by atoms with van der Waals surface area (Å²) in [6.45, 7) is 5.20. The first-order valence-corrected chi connectivity index (χ1v) is 12.4. The minimum absolute atomic E-state index is 0.0241. The van der Waals surface area contributed by atoms with E-state index in [1.54, 1.807) is 4.90 Å². The molecule has 2 saturated heterocycles. The Morgan fingerprint density at radius 3 is 2.77 bits per heavy atom. The van der Waals surface area contributed by atoms with Gasteiger partial charge in [0.05, 0.1) is 5.69 Å². The first-order chi connectivity index (χ1) is 14.6. The molecule has 2 aromatic carbocycles. The number of thioether (sulfide) groups is 2. The van der Waals surface area contributed by atoms with Crippen LogP contribution in [0.2, 0.25) is 0 Å². The van der Waals surface area contributed by atoms with Gasteiger partial charge in [-0.2, -0.15) is 11.8 Å². The number of nitrogens with one attached hydrogen (secondary N) is 1. The number of nitrogens with zero attached hydrogens (tertiary/aromatic N) is 2. The van der Waals surface area contributed by atoms with Gasteiger partial charge in [0.25, 0.3) is 5.91 Å². The number of anilines is 2. The van der Waals surface area contributed by atoms with E-state index >= 15 is 0 Å². The minimum atomic E-state index is -0.882. The van der Waals surface area contributed by atoms with Gasteiger partial charge in [-0.05, 0) is 42.7 Å². The van der Waals surface area contributed by atoms with E-state index in [-0.39, 0.29) is 11.8 Å².